The molecular formula is C20H28N2O3. The molecule has 136 valence electrons. The van der Waals surface area contributed by atoms with Crippen molar-refractivity contribution in [3.8, 4) is 0 Å². The fourth-order valence-corrected chi connectivity index (χ4v) is 3.97. The minimum absolute atomic E-state index is 0.0175. The number of carbonyl (C=O) groups is 2. The average molecular weight is 344 g/mol. The summed E-state index contributed by atoms with van der Waals surface area (Å²) in [4.78, 5) is 26.6. The van der Waals surface area contributed by atoms with Crippen molar-refractivity contribution in [3.05, 3.63) is 35.9 Å². The highest BCUT2D eigenvalue weighted by molar-refractivity contribution is 5.94. The highest BCUT2D eigenvalue weighted by atomic mass is 16.3. The first kappa shape index (κ1) is 17.9. The van der Waals surface area contributed by atoms with E-state index in [1.54, 1.807) is 0 Å². The third kappa shape index (κ3) is 4.60. The summed E-state index contributed by atoms with van der Waals surface area (Å²) in [5, 5.41) is 13.1. The van der Waals surface area contributed by atoms with Crippen LogP contribution in [0, 0.1) is 11.8 Å². The van der Waals surface area contributed by atoms with Crippen LogP contribution >= 0.6 is 0 Å². The normalized spacial score (nSPS) is 20.4. The average Bonchev–Trinajstić information content (AvgIpc) is 3.21. The Bertz CT molecular complexity index is 576. The maximum Gasteiger partial charge on any atom is 0.253 e. The zero-order valence-electron chi connectivity index (χ0n) is 14.7. The van der Waals surface area contributed by atoms with Crippen LogP contribution in [0.1, 0.15) is 48.9 Å². The first-order valence-electron chi connectivity index (χ1n) is 9.45. The van der Waals surface area contributed by atoms with Crippen LogP contribution in [0.2, 0.25) is 0 Å². The van der Waals surface area contributed by atoms with Crippen LogP contribution in [0.15, 0.2) is 30.3 Å². The molecule has 0 radical (unpaired) electrons. The summed E-state index contributed by atoms with van der Waals surface area (Å²) in [5.74, 6) is 0.334. The molecule has 1 heterocycles. The zero-order chi connectivity index (χ0) is 17.6. The maximum absolute atomic E-state index is 12.4. The summed E-state index contributed by atoms with van der Waals surface area (Å²) < 4.78 is 0. The van der Waals surface area contributed by atoms with Gasteiger partial charge in [-0.25, -0.2) is 0 Å². The van der Waals surface area contributed by atoms with Gasteiger partial charge in [-0.1, -0.05) is 31.0 Å². The quantitative estimate of drug-likeness (QED) is 0.860. The summed E-state index contributed by atoms with van der Waals surface area (Å²) in [6.45, 7) is 1.57. The fraction of sp³-hybridized carbons (Fsp3) is 0.600. The Hall–Kier alpha value is -1.88. The first-order valence-corrected chi connectivity index (χ1v) is 9.45. The Labute approximate surface area is 149 Å². The number of rotatable bonds is 5. The first-order chi connectivity index (χ1) is 12.1. The number of aliphatic hydroxyl groups is 1. The Morgan fingerprint density at radius 3 is 2.36 bits per heavy atom. The number of hydrogen-bond donors (Lipinski definition) is 2. The molecule has 1 atom stereocenters. The molecule has 5 nitrogen and oxygen atoms in total. The molecular weight excluding hydrogens is 316 g/mol. The molecule has 2 fully saturated rings. The molecule has 2 aliphatic rings. The van der Waals surface area contributed by atoms with Crippen LogP contribution in [0.25, 0.3) is 0 Å². The van der Waals surface area contributed by atoms with Gasteiger partial charge in [0.1, 0.15) is 0 Å². The van der Waals surface area contributed by atoms with Gasteiger partial charge in [0.05, 0.1) is 6.10 Å². The van der Waals surface area contributed by atoms with Crippen LogP contribution < -0.4 is 5.32 Å². The number of hydrogen-bond acceptors (Lipinski definition) is 3. The molecule has 2 N–H and O–H groups in total. The third-order valence-corrected chi connectivity index (χ3v) is 5.60. The Morgan fingerprint density at radius 2 is 1.72 bits per heavy atom. The van der Waals surface area contributed by atoms with E-state index in [4.69, 9.17) is 0 Å². The molecule has 3 rings (SSSR count). The molecule has 1 aliphatic heterocycles. The lowest BCUT2D eigenvalue weighted by atomic mass is 9.95. The predicted molar refractivity (Wildman–Crippen MR) is 96.0 cm³/mol. The van der Waals surface area contributed by atoms with Crippen molar-refractivity contribution in [2.45, 2.75) is 44.6 Å². The van der Waals surface area contributed by atoms with E-state index in [0.29, 0.717) is 44.0 Å². The molecule has 2 amide bonds. The summed E-state index contributed by atoms with van der Waals surface area (Å²) >= 11 is 0. The number of amides is 2. The number of nitrogens with zero attached hydrogens (tertiary/aromatic N) is 1. The Balaban J connectivity index is 1.42. The van der Waals surface area contributed by atoms with Gasteiger partial charge in [0.2, 0.25) is 5.91 Å². The van der Waals surface area contributed by atoms with Crippen molar-refractivity contribution < 1.29 is 14.7 Å². The number of piperidine rings is 1. The molecule has 1 aromatic rings. The predicted octanol–water partition coefficient (Wildman–Crippen LogP) is 2.21. The second kappa shape index (κ2) is 8.48. The van der Waals surface area contributed by atoms with Crippen LogP contribution in [0.3, 0.4) is 0 Å². The van der Waals surface area contributed by atoms with E-state index >= 15 is 0 Å². The SMILES string of the molecule is O=C(NC[C@H](O)C1CCCC1)C1CCN(C(=O)c2ccccc2)CC1. The van der Waals surface area contributed by atoms with Crippen molar-refractivity contribution in [1.29, 1.82) is 0 Å². The Morgan fingerprint density at radius 1 is 1.08 bits per heavy atom. The topological polar surface area (TPSA) is 69.6 Å². The minimum atomic E-state index is -0.425. The zero-order valence-corrected chi connectivity index (χ0v) is 14.7. The number of carbonyl (C=O) groups excluding carboxylic acids is 2. The second-order valence-electron chi connectivity index (χ2n) is 7.29. The Kier molecular flexibility index (Phi) is 6.08. The molecule has 1 aliphatic carbocycles. The number of benzene rings is 1. The largest absolute Gasteiger partial charge is 0.391 e. The summed E-state index contributed by atoms with van der Waals surface area (Å²) in [7, 11) is 0. The summed E-state index contributed by atoms with van der Waals surface area (Å²) in [5.41, 5.74) is 0.699. The van der Waals surface area contributed by atoms with E-state index in [-0.39, 0.29) is 17.7 Å². The van der Waals surface area contributed by atoms with Gasteiger partial charge in [0.15, 0.2) is 0 Å². The molecule has 1 saturated carbocycles. The molecule has 25 heavy (non-hydrogen) atoms. The van der Waals surface area contributed by atoms with E-state index in [0.717, 1.165) is 12.8 Å². The molecule has 0 bridgehead atoms. The van der Waals surface area contributed by atoms with Gasteiger partial charge < -0.3 is 15.3 Å². The van der Waals surface area contributed by atoms with E-state index in [1.807, 2.05) is 35.2 Å². The maximum atomic E-state index is 12.4. The summed E-state index contributed by atoms with van der Waals surface area (Å²) in [6.07, 6.45) is 5.45. The lowest BCUT2D eigenvalue weighted by Crippen LogP contribution is -2.44. The number of nitrogens with one attached hydrogen (secondary N) is 1. The standard InChI is InChI=1S/C20H28N2O3/c23-18(15-6-4-5-7-15)14-21-19(24)16-10-12-22(13-11-16)20(25)17-8-2-1-3-9-17/h1-3,8-9,15-16,18,23H,4-7,10-14H2,(H,21,24)/t18-/m0/s1. The van der Waals surface area contributed by atoms with Crippen molar-refractivity contribution in [2.24, 2.45) is 11.8 Å². The summed E-state index contributed by atoms with van der Waals surface area (Å²) in [6, 6.07) is 9.27. The van der Waals surface area contributed by atoms with Gasteiger partial charge in [-0.2, -0.15) is 0 Å². The van der Waals surface area contributed by atoms with E-state index in [1.165, 1.54) is 12.8 Å². The highest BCUT2D eigenvalue weighted by Gasteiger charge is 2.29. The van der Waals surface area contributed by atoms with Crippen LogP contribution in [-0.2, 0) is 4.79 Å². The second-order valence-corrected chi connectivity index (χ2v) is 7.29. The van der Waals surface area contributed by atoms with Crippen LogP contribution in [0.5, 0.6) is 0 Å². The van der Waals surface area contributed by atoms with Crippen LogP contribution in [-0.4, -0.2) is 47.6 Å². The van der Waals surface area contributed by atoms with Crippen molar-refractivity contribution in [3.63, 3.8) is 0 Å². The fourth-order valence-electron chi connectivity index (χ4n) is 3.97. The van der Waals surface area contributed by atoms with E-state index in [2.05, 4.69) is 5.32 Å². The number of aliphatic hydroxyl groups excluding tert-OH is 1. The van der Waals surface area contributed by atoms with Gasteiger partial charge in [-0.05, 0) is 43.7 Å². The van der Waals surface area contributed by atoms with Gasteiger partial charge in [0.25, 0.3) is 5.91 Å². The molecule has 1 saturated heterocycles. The van der Waals surface area contributed by atoms with Crippen molar-refractivity contribution in [2.75, 3.05) is 19.6 Å². The van der Waals surface area contributed by atoms with E-state index in [9.17, 15) is 14.7 Å². The molecule has 0 aromatic heterocycles. The lowest BCUT2D eigenvalue weighted by molar-refractivity contribution is -0.126. The monoisotopic (exact) mass is 344 g/mol. The van der Waals surface area contributed by atoms with Gasteiger partial charge in [-0.3, -0.25) is 9.59 Å². The minimum Gasteiger partial charge on any atom is -0.391 e. The smallest absolute Gasteiger partial charge is 0.253 e. The highest BCUT2D eigenvalue weighted by Crippen LogP contribution is 2.27. The van der Waals surface area contributed by atoms with Gasteiger partial charge in [-0.15, -0.1) is 0 Å². The molecule has 0 unspecified atom stereocenters. The molecule has 5 heteroatoms. The van der Waals surface area contributed by atoms with Gasteiger partial charge in [0, 0.05) is 31.1 Å². The lowest BCUT2D eigenvalue weighted by Gasteiger charge is -2.31. The molecule has 0 spiro atoms. The van der Waals surface area contributed by atoms with E-state index < -0.39 is 6.10 Å². The third-order valence-electron chi connectivity index (χ3n) is 5.60. The van der Waals surface area contributed by atoms with Crippen molar-refractivity contribution in [1.82, 2.24) is 10.2 Å². The number of likely N-dealkylation sites (tertiary alicyclic amines) is 1. The van der Waals surface area contributed by atoms with Crippen LogP contribution in [0.4, 0.5) is 0 Å². The van der Waals surface area contributed by atoms with Crippen molar-refractivity contribution >= 4 is 11.8 Å². The molecule has 1 aromatic carbocycles. The van der Waals surface area contributed by atoms with Gasteiger partial charge >= 0.3 is 0 Å².